The van der Waals surface area contributed by atoms with E-state index in [4.69, 9.17) is 0 Å². The van der Waals surface area contributed by atoms with Crippen LogP contribution in [0.3, 0.4) is 0 Å². The van der Waals surface area contributed by atoms with Crippen molar-refractivity contribution >= 4 is 27.5 Å². The van der Waals surface area contributed by atoms with E-state index in [1.807, 2.05) is 0 Å². The highest BCUT2D eigenvalue weighted by atomic mass is 79.9. The van der Waals surface area contributed by atoms with Crippen molar-refractivity contribution in [1.29, 1.82) is 0 Å². The average molecular weight is 360 g/mol. The molecular weight excluding hydrogens is 351 g/mol. The van der Waals surface area contributed by atoms with Crippen LogP contribution < -0.4 is 5.32 Å². The molecule has 0 saturated heterocycles. The Labute approximate surface area is 126 Å². The average Bonchev–Trinajstić information content (AvgIpc) is 2.40. The molecule has 0 aliphatic rings. The Morgan fingerprint density at radius 3 is 2.43 bits per heavy atom. The van der Waals surface area contributed by atoms with Crippen LogP contribution in [-0.2, 0) is 6.18 Å². The standard InChI is InChI=1S/C14H9BrF3NO2/c15-10-6-5-8(14(16,17)18)7-11(10)19-13(21)9-3-1-2-4-12(9)20/h1-7,20H,(H,19,21). The number of para-hydroxylation sites is 1. The van der Waals surface area contributed by atoms with Gasteiger partial charge in [0.2, 0.25) is 0 Å². The van der Waals surface area contributed by atoms with Gasteiger partial charge < -0.3 is 10.4 Å². The van der Waals surface area contributed by atoms with E-state index in [0.29, 0.717) is 4.47 Å². The third-order valence-electron chi connectivity index (χ3n) is 2.69. The normalized spacial score (nSPS) is 11.2. The molecule has 0 saturated carbocycles. The molecule has 0 radical (unpaired) electrons. The Kier molecular flexibility index (Phi) is 4.22. The third kappa shape index (κ3) is 3.55. The number of hydrogen-bond acceptors (Lipinski definition) is 2. The van der Waals surface area contributed by atoms with E-state index in [9.17, 15) is 23.1 Å². The molecule has 0 heterocycles. The summed E-state index contributed by atoms with van der Waals surface area (Å²) in [5.41, 5.74) is -0.932. The van der Waals surface area contributed by atoms with Crippen LogP contribution in [0.2, 0.25) is 0 Å². The maximum absolute atomic E-state index is 12.7. The molecule has 0 aliphatic carbocycles. The first kappa shape index (κ1) is 15.4. The summed E-state index contributed by atoms with van der Waals surface area (Å²) >= 11 is 3.07. The second-order valence-corrected chi connectivity index (χ2v) is 5.02. The van der Waals surface area contributed by atoms with E-state index in [-0.39, 0.29) is 17.0 Å². The van der Waals surface area contributed by atoms with Crippen molar-refractivity contribution in [3.63, 3.8) is 0 Å². The van der Waals surface area contributed by atoms with Crippen LogP contribution in [0.25, 0.3) is 0 Å². The van der Waals surface area contributed by atoms with Gasteiger partial charge in [-0.1, -0.05) is 12.1 Å². The molecule has 0 aromatic heterocycles. The van der Waals surface area contributed by atoms with Gasteiger partial charge in [0.25, 0.3) is 5.91 Å². The molecule has 2 aromatic carbocycles. The van der Waals surface area contributed by atoms with Crippen molar-refractivity contribution < 1.29 is 23.1 Å². The number of aromatic hydroxyl groups is 1. The van der Waals surface area contributed by atoms with Crippen LogP contribution in [0.15, 0.2) is 46.9 Å². The molecule has 0 spiro atoms. The molecule has 2 N–H and O–H groups in total. The summed E-state index contributed by atoms with van der Waals surface area (Å²) in [7, 11) is 0. The topological polar surface area (TPSA) is 49.3 Å². The summed E-state index contributed by atoms with van der Waals surface area (Å²) in [5.74, 6) is -0.953. The zero-order valence-electron chi connectivity index (χ0n) is 10.4. The van der Waals surface area contributed by atoms with Crippen molar-refractivity contribution in [2.75, 3.05) is 5.32 Å². The highest BCUT2D eigenvalue weighted by Crippen LogP contribution is 2.34. The number of carbonyl (C=O) groups is 1. The summed E-state index contributed by atoms with van der Waals surface area (Å²) in [6.07, 6.45) is -4.50. The van der Waals surface area contributed by atoms with Gasteiger partial charge in [-0.25, -0.2) is 0 Å². The minimum Gasteiger partial charge on any atom is -0.507 e. The fraction of sp³-hybridized carbons (Fsp3) is 0.0714. The number of alkyl halides is 3. The van der Waals surface area contributed by atoms with Gasteiger partial charge in [-0.15, -0.1) is 0 Å². The Bertz CT molecular complexity index is 686. The molecule has 1 amide bonds. The van der Waals surface area contributed by atoms with E-state index in [1.54, 1.807) is 0 Å². The number of amides is 1. The summed E-state index contributed by atoms with van der Waals surface area (Å²) in [4.78, 5) is 12.0. The molecule has 0 aliphatic heterocycles. The first-order valence-electron chi connectivity index (χ1n) is 5.75. The number of phenolic OH excluding ortho intramolecular Hbond substituents is 1. The van der Waals surface area contributed by atoms with Crippen LogP contribution in [0, 0.1) is 0 Å². The Hall–Kier alpha value is -2.02. The Morgan fingerprint density at radius 2 is 1.81 bits per heavy atom. The molecule has 7 heteroatoms. The summed E-state index contributed by atoms with van der Waals surface area (Å²) in [5, 5.41) is 11.9. The van der Waals surface area contributed by atoms with Crippen LogP contribution in [0.1, 0.15) is 15.9 Å². The molecule has 3 nitrogen and oxygen atoms in total. The van der Waals surface area contributed by atoms with E-state index in [2.05, 4.69) is 21.2 Å². The fourth-order valence-corrected chi connectivity index (χ4v) is 2.00. The van der Waals surface area contributed by atoms with Gasteiger partial charge in [0.15, 0.2) is 0 Å². The number of nitrogens with one attached hydrogen (secondary N) is 1. The monoisotopic (exact) mass is 359 g/mol. The minimum absolute atomic E-state index is 0.0261. The predicted octanol–water partition coefficient (Wildman–Crippen LogP) is 4.43. The third-order valence-corrected chi connectivity index (χ3v) is 3.38. The van der Waals surface area contributed by atoms with Crippen molar-refractivity contribution in [1.82, 2.24) is 0 Å². The number of benzene rings is 2. The lowest BCUT2D eigenvalue weighted by molar-refractivity contribution is -0.137. The van der Waals surface area contributed by atoms with Crippen LogP contribution in [0.5, 0.6) is 5.75 Å². The van der Waals surface area contributed by atoms with Crippen molar-refractivity contribution in [3.8, 4) is 5.75 Å². The number of anilines is 1. The smallest absolute Gasteiger partial charge is 0.416 e. The molecule has 0 unspecified atom stereocenters. The molecule has 0 atom stereocenters. The van der Waals surface area contributed by atoms with Gasteiger partial charge in [0.1, 0.15) is 5.75 Å². The summed E-state index contributed by atoms with van der Waals surface area (Å²) < 4.78 is 38.3. The lowest BCUT2D eigenvalue weighted by atomic mass is 10.1. The number of rotatable bonds is 2. The van der Waals surface area contributed by atoms with Gasteiger partial charge in [-0.3, -0.25) is 4.79 Å². The number of phenols is 1. The Balaban J connectivity index is 2.31. The molecule has 110 valence electrons. The van der Waals surface area contributed by atoms with Crippen LogP contribution in [0.4, 0.5) is 18.9 Å². The van der Waals surface area contributed by atoms with E-state index >= 15 is 0 Å². The molecule has 2 rings (SSSR count). The Morgan fingerprint density at radius 1 is 1.14 bits per heavy atom. The zero-order valence-corrected chi connectivity index (χ0v) is 12.0. The molecule has 0 fully saturated rings. The molecule has 0 bridgehead atoms. The SMILES string of the molecule is O=C(Nc1cc(C(F)(F)F)ccc1Br)c1ccccc1O. The first-order valence-corrected chi connectivity index (χ1v) is 6.54. The fourth-order valence-electron chi connectivity index (χ4n) is 1.65. The zero-order chi connectivity index (χ0) is 15.6. The van der Waals surface area contributed by atoms with Gasteiger partial charge in [0.05, 0.1) is 16.8 Å². The van der Waals surface area contributed by atoms with E-state index < -0.39 is 17.6 Å². The maximum Gasteiger partial charge on any atom is 0.416 e. The second-order valence-electron chi connectivity index (χ2n) is 4.16. The first-order chi connectivity index (χ1) is 9.79. The van der Waals surface area contributed by atoms with Crippen LogP contribution in [-0.4, -0.2) is 11.0 Å². The quantitative estimate of drug-likeness (QED) is 0.833. The number of carbonyl (C=O) groups excluding carboxylic acids is 1. The molecular formula is C14H9BrF3NO2. The van der Waals surface area contributed by atoms with Crippen molar-refractivity contribution in [3.05, 3.63) is 58.1 Å². The van der Waals surface area contributed by atoms with Gasteiger partial charge in [-0.2, -0.15) is 13.2 Å². The lowest BCUT2D eigenvalue weighted by Crippen LogP contribution is -2.13. The van der Waals surface area contributed by atoms with Gasteiger partial charge in [0, 0.05) is 4.47 Å². The predicted molar refractivity (Wildman–Crippen MR) is 75.2 cm³/mol. The second kappa shape index (κ2) is 5.77. The van der Waals surface area contributed by atoms with Crippen molar-refractivity contribution in [2.45, 2.75) is 6.18 Å². The molecule has 21 heavy (non-hydrogen) atoms. The summed E-state index contributed by atoms with van der Waals surface area (Å²) in [6, 6.07) is 8.68. The number of halogens is 4. The van der Waals surface area contributed by atoms with E-state index in [0.717, 1.165) is 12.1 Å². The number of hydrogen-bond donors (Lipinski definition) is 2. The molecule has 2 aromatic rings. The van der Waals surface area contributed by atoms with Crippen LogP contribution >= 0.6 is 15.9 Å². The highest BCUT2D eigenvalue weighted by molar-refractivity contribution is 9.10. The minimum atomic E-state index is -4.50. The summed E-state index contributed by atoms with van der Waals surface area (Å²) in [6.45, 7) is 0. The van der Waals surface area contributed by atoms with Crippen molar-refractivity contribution in [2.24, 2.45) is 0 Å². The van der Waals surface area contributed by atoms with Gasteiger partial charge >= 0.3 is 6.18 Å². The maximum atomic E-state index is 12.7. The van der Waals surface area contributed by atoms with Gasteiger partial charge in [-0.05, 0) is 46.3 Å². The largest absolute Gasteiger partial charge is 0.507 e. The van der Waals surface area contributed by atoms with E-state index in [1.165, 1.54) is 30.3 Å². The highest BCUT2D eigenvalue weighted by Gasteiger charge is 2.31. The lowest BCUT2D eigenvalue weighted by Gasteiger charge is -2.12.